The van der Waals surface area contributed by atoms with Crippen molar-refractivity contribution in [2.45, 2.75) is 13.3 Å². The van der Waals surface area contributed by atoms with E-state index in [1.54, 1.807) is 24.3 Å². The van der Waals surface area contributed by atoms with Gasteiger partial charge in [-0.15, -0.1) is 11.3 Å². The van der Waals surface area contributed by atoms with Crippen molar-refractivity contribution >= 4 is 38.3 Å². The molecule has 1 N–H and O–H groups in total. The Morgan fingerprint density at radius 1 is 1.22 bits per heavy atom. The highest BCUT2D eigenvalue weighted by atomic mass is 32.1. The second kappa shape index (κ2) is 7.75. The van der Waals surface area contributed by atoms with Gasteiger partial charge in [-0.3, -0.25) is 4.79 Å². The molecule has 0 saturated heterocycles. The van der Waals surface area contributed by atoms with Crippen LogP contribution in [-0.4, -0.2) is 30.6 Å². The smallest absolute Gasteiger partial charge is 0.341 e. The third-order valence-corrected chi connectivity index (χ3v) is 5.41. The van der Waals surface area contributed by atoms with Crippen LogP contribution in [-0.2, 0) is 16.0 Å². The molecule has 1 amide bonds. The Kier molecular flexibility index (Phi) is 5.41. The fourth-order valence-corrected chi connectivity index (χ4v) is 4.19. The molecule has 2 aromatic carbocycles. The fraction of sp³-hybridized carbons (Fsp3) is 0.200. The van der Waals surface area contributed by atoms with Gasteiger partial charge in [0.15, 0.2) is 0 Å². The Hall–Kier alpha value is -2.93. The predicted molar refractivity (Wildman–Crippen MR) is 103 cm³/mol. The summed E-state index contributed by atoms with van der Waals surface area (Å²) in [6.45, 7) is 1.60. The summed E-state index contributed by atoms with van der Waals surface area (Å²) in [4.78, 5) is 26.1. The van der Waals surface area contributed by atoms with Gasteiger partial charge in [-0.05, 0) is 36.2 Å². The summed E-state index contributed by atoms with van der Waals surface area (Å²) < 4.78 is 19.5. The van der Waals surface area contributed by atoms with E-state index in [2.05, 4.69) is 0 Å². The van der Waals surface area contributed by atoms with Gasteiger partial charge in [-0.2, -0.15) is 0 Å². The van der Waals surface area contributed by atoms with Crippen molar-refractivity contribution in [1.29, 1.82) is 0 Å². The highest BCUT2D eigenvalue weighted by molar-refractivity contribution is 7.23. The molecule has 0 spiro atoms. The second-order valence-corrected chi connectivity index (χ2v) is 7.00. The molecule has 0 atom stereocenters. The average molecular weight is 387 g/mol. The number of amides is 1. The molecule has 7 heteroatoms. The maximum Gasteiger partial charge on any atom is 0.341 e. The monoisotopic (exact) mass is 387 g/mol. The number of phenolic OH excluding ortho intramolecular Hbond substituents is 1. The van der Waals surface area contributed by atoms with E-state index in [0.717, 1.165) is 0 Å². The number of thiophene rings is 1. The van der Waals surface area contributed by atoms with Crippen molar-refractivity contribution in [2.24, 2.45) is 0 Å². The van der Waals surface area contributed by atoms with Crippen LogP contribution in [0.3, 0.4) is 0 Å². The molecule has 27 heavy (non-hydrogen) atoms. The molecule has 0 radical (unpaired) electrons. The number of fused-ring (bicyclic) bond motifs is 1. The summed E-state index contributed by atoms with van der Waals surface area (Å²) in [6, 6.07) is 11.0. The summed E-state index contributed by atoms with van der Waals surface area (Å²) in [5, 5.41) is 10.7. The lowest BCUT2D eigenvalue weighted by atomic mass is 10.1. The minimum Gasteiger partial charge on any atom is -0.508 e. The number of benzene rings is 2. The molecular weight excluding hydrogens is 369 g/mol. The quantitative estimate of drug-likeness (QED) is 0.669. The van der Waals surface area contributed by atoms with E-state index in [0.29, 0.717) is 27.1 Å². The molecule has 3 aromatic rings. The SMILES string of the molecule is COC(=O)c1c(N(CCc2ccccc2F)C(C)=O)sc2cc(O)ccc12. The van der Waals surface area contributed by atoms with Gasteiger partial charge in [0, 0.05) is 23.6 Å². The lowest BCUT2D eigenvalue weighted by Gasteiger charge is -2.21. The Labute approximate surface area is 159 Å². The van der Waals surface area contributed by atoms with Gasteiger partial charge in [0.2, 0.25) is 5.91 Å². The topological polar surface area (TPSA) is 66.8 Å². The normalized spacial score (nSPS) is 10.8. The lowest BCUT2D eigenvalue weighted by Crippen LogP contribution is -2.31. The highest BCUT2D eigenvalue weighted by Crippen LogP contribution is 2.40. The largest absolute Gasteiger partial charge is 0.508 e. The zero-order valence-electron chi connectivity index (χ0n) is 14.9. The van der Waals surface area contributed by atoms with Crippen LogP contribution in [0.15, 0.2) is 42.5 Å². The van der Waals surface area contributed by atoms with Crippen molar-refractivity contribution in [2.75, 3.05) is 18.6 Å². The van der Waals surface area contributed by atoms with Crippen LogP contribution in [0, 0.1) is 5.82 Å². The van der Waals surface area contributed by atoms with Crippen LogP contribution in [0.1, 0.15) is 22.8 Å². The number of methoxy groups -OCH3 is 1. The minimum absolute atomic E-state index is 0.0625. The van der Waals surface area contributed by atoms with E-state index < -0.39 is 5.97 Å². The molecule has 0 fully saturated rings. The Bertz CT molecular complexity index is 1010. The highest BCUT2D eigenvalue weighted by Gasteiger charge is 2.26. The number of halogens is 1. The minimum atomic E-state index is -0.570. The number of anilines is 1. The molecule has 1 aromatic heterocycles. The molecule has 1 heterocycles. The predicted octanol–water partition coefficient (Wildman–Crippen LogP) is 4.13. The molecule has 140 valence electrons. The van der Waals surface area contributed by atoms with Crippen molar-refractivity contribution < 1.29 is 23.8 Å². The number of hydrogen-bond acceptors (Lipinski definition) is 5. The van der Waals surface area contributed by atoms with Gasteiger partial charge in [-0.1, -0.05) is 18.2 Å². The molecule has 0 unspecified atom stereocenters. The van der Waals surface area contributed by atoms with Crippen LogP contribution >= 0.6 is 11.3 Å². The molecule has 0 aliphatic rings. The summed E-state index contributed by atoms with van der Waals surface area (Å²) in [5.74, 6) is -1.12. The molecule has 0 saturated carbocycles. The average Bonchev–Trinajstić information content (AvgIpc) is 3.00. The van der Waals surface area contributed by atoms with Gasteiger partial charge in [0.25, 0.3) is 0 Å². The first-order chi connectivity index (χ1) is 12.9. The maximum atomic E-state index is 13.9. The van der Waals surface area contributed by atoms with E-state index in [9.17, 15) is 19.1 Å². The zero-order valence-corrected chi connectivity index (χ0v) is 15.7. The number of aromatic hydroxyl groups is 1. The number of rotatable bonds is 5. The number of nitrogens with zero attached hydrogens (tertiary/aromatic N) is 1. The Balaban J connectivity index is 2.04. The molecule has 5 nitrogen and oxygen atoms in total. The molecule has 3 rings (SSSR count). The van der Waals surface area contributed by atoms with Gasteiger partial charge >= 0.3 is 5.97 Å². The van der Waals surface area contributed by atoms with E-state index >= 15 is 0 Å². The van der Waals surface area contributed by atoms with Crippen molar-refractivity contribution in [1.82, 2.24) is 0 Å². The maximum absolute atomic E-state index is 13.9. The molecular formula is C20H18FNO4S. The third-order valence-electron chi connectivity index (χ3n) is 4.23. The number of phenols is 1. The number of ether oxygens (including phenoxy) is 1. The first kappa shape index (κ1) is 18.8. The van der Waals surface area contributed by atoms with Gasteiger partial charge in [0.05, 0.1) is 7.11 Å². The number of hydrogen-bond donors (Lipinski definition) is 1. The van der Waals surface area contributed by atoms with Crippen LogP contribution in [0.2, 0.25) is 0 Å². The fourth-order valence-electron chi connectivity index (χ4n) is 2.90. The molecule has 0 aliphatic heterocycles. The third kappa shape index (κ3) is 3.78. The van der Waals surface area contributed by atoms with Crippen LogP contribution in [0.4, 0.5) is 9.39 Å². The number of carbonyl (C=O) groups is 2. The van der Waals surface area contributed by atoms with Crippen LogP contribution in [0.5, 0.6) is 5.75 Å². The van der Waals surface area contributed by atoms with Gasteiger partial charge < -0.3 is 14.7 Å². The first-order valence-corrected chi connectivity index (χ1v) is 9.09. The number of esters is 1. The van der Waals surface area contributed by atoms with Crippen molar-refractivity contribution in [3.05, 3.63) is 59.4 Å². The van der Waals surface area contributed by atoms with E-state index in [-0.39, 0.29) is 29.6 Å². The Morgan fingerprint density at radius 3 is 2.63 bits per heavy atom. The summed E-state index contributed by atoms with van der Waals surface area (Å²) in [7, 11) is 1.27. The zero-order chi connectivity index (χ0) is 19.6. The second-order valence-electron chi connectivity index (χ2n) is 5.97. The number of carbonyl (C=O) groups excluding carboxylic acids is 2. The van der Waals surface area contributed by atoms with E-state index in [4.69, 9.17) is 4.74 Å². The summed E-state index contributed by atoms with van der Waals surface area (Å²) >= 11 is 1.21. The van der Waals surface area contributed by atoms with E-state index in [1.165, 1.54) is 48.5 Å². The van der Waals surface area contributed by atoms with Crippen LogP contribution in [0.25, 0.3) is 10.1 Å². The summed E-state index contributed by atoms with van der Waals surface area (Å²) in [6.07, 6.45) is 0.298. The van der Waals surface area contributed by atoms with Crippen molar-refractivity contribution in [3.63, 3.8) is 0 Å². The summed E-state index contributed by atoms with van der Waals surface area (Å²) in [5.41, 5.74) is 0.753. The van der Waals surface area contributed by atoms with Gasteiger partial charge in [0.1, 0.15) is 22.1 Å². The standard InChI is InChI=1S/C20H18FNO4S/c1-12(23)22(10-9-13-5-3-4-6-16(13)21)19-18(20(25)26-2)15-8-7-14(24)11-17(15)27-19/h3-8,11,24H,9-10H2,1-2H3. The first-order valence-electron chi connectivity index (χ1n) is 8.27. The molecule has 0 aliphatic carbocycles. The van der Waals surface area contributed by atoms with Crippen LogP contribution < -0.4 is 4.90 Å². The van der Waals surface area contributed by atoms with E-state index in [1.807, 2.05) is 0 Å². The Morgan fingerprint density at radius 2 is 1.96 bits per heavy atom. The van der Waals surface area contributed by atoms with Gasteiger partial charge in [-0.25, -0.2) is 9.18 Å². The van der Waals surface area contributed by atoms with Crippen molar-refractivity contribution in [3.8, 4) is 5.75 Å². The molecule has 0 bridgehead atoms. The lowest BCUT2D eigenvalue weighted by molar-refractivity contribution is -0.116.